The summed E-state index contributed by atoms with van der Waals surface area (Å²) in [5, 5.41) is 3.03. The highest BCUT2D eigenvalue weighted by atomic mass is 79.9. The summed E-state index contributed by atoms with van der Waals surface area (Å²) in [6.07, 6.45) is 8.35. The van der Waals surface area contributed by atoms with Crippen molar-refractivity contribution >= 4 is 27.5 Å². The molecule has 2 bridgehead atoms. The van der Waals surface area contributed by atoms with Gasteiger partial charge in [-0.3, -0.25) is 4.79 Å². The van der Waals surface area contributed by atoms with Gasteiger partial charge in [0.15, 0.2) is 0 Å². The fourth-order valence-electron chi connectivity index (χ4n) is 4.67. The van der Waals surface area contributed by atoms with E-state index in [9.17, 15) is 4.79 Å². The van der Waals surface area contributed by atoms with Crippen LogP contribution >= 0.6 is 15.9 Å². The van der Waals surface area contributed by atoms with E-state index >= 15 is 0 Å². The van der Waals surface area contributed by atoms with E-state index in [0.717, 1.165) is 36.3 Å². The van der Waals surface area contributed by atoms with Crippen molar-refractivity contribution in [2.24, 2.45) is 17.8 Å². The third kappa shape index (κ3) is 2.54. The number of anilines is 1. The number of alkyl halides is 1. The van der Waals surface area contributed by atoms with E-state index in [2.05, 4.69) is 39.4 Å². The van der Waals surface area contributed by atoms with Crippen LogP contribution in [0, 0.1) is 17.8 Å². The Bertz CT molecular complexity index is 570. The summed E-state index contributed by atoms with van der Waals surface area (Å²) in [6.45, 7) is 0. The molecule has 0 spiro atoms. The van der Waals surface area contributed by atoms with E-state index in [0.29, 0.717) is 11.2 Å². The lowest BCUT2D eigenvalue weighted by Crippen LogP contribution is -2.16. The molecule has 1 heterocycles. The zero-order valence-corrected chi connectivity index (χ0v) is 13.9. The highest BCUT2D eigenvalue weighted by molar-refractivity contribution is 9.09. The second-order valence-electron chi connectivity index (χ2n) is 7.06. The third-order valence-corrected chi connectivity index (χ3v) is 6.95. The highest BCUT2D eigenvalue weighted by Gasteiger charge is 2.42. The van der Waals surface area contributed by atoms with Gasteiger partial charge in [-0.1, -0.05) is 34.5 Å². The smallest absolute Gasteiger partial charge is 0.224 e. The summed E-state index contributed by atoms with van der Waals surface area (Å²) in [6, 6.07) is 6.64. The van der Waals surface area contributed by atoms with Gasteiger partial charge in [0.05, 0.1) is 0 Å². The molecule has 2 fully saturated rings. The van der Waals surface area contributed by atoms with Crippen LogP contribution in [0.1, 0.15) is 54.5 Å². The van der Waals surface area contributed by atoms with Crippen LogP contribution in [0.2, 0.25) is 0 Å². The van der Waals surface area contributed by atoms with Gasteiger partial charge in [-0.15, -0.1) is 0 Å². The maximum atomic E-state index is 11.6. The second-order valence-corrected chi connectivity index (χ2v) is 8.05. The number of carbonyl (C=O) groups is 1. The lowest BCUT2D eigenvalue weighted by molar-refractivity contribution is -0.116. The number of aryl methyl sites for hydroxylation is 1. The molecular weight excluding hydrogens is 326 g/mol. The minimum absolute atomic E-state index is 0.157. The zero-order valence-electron chi connectivity index (χ0n) is 12.3. The monoisotopic (exact) mass is 347 g/mol. The van der Waals surface area contributed by atoms with Crippen LogP contribution in [-0.2, 0) is 11.2 Å². The van der Waals surface area contributed by atoms with Gasteiger partial charge in [-0.2, -0.15) is 0 Å². The molecule has 0 saturated heterocycles. The Labute approximate surface area is 134 Å². The molecule has 4 rings (SSSR count). The average Bonchev–Trinajstić information content (AvgIpc) is 3.06. The predicted octanol–water partition coefficient (Wildman–Crippen LogP) is 4.83. The first-order valence-corrected chi connectivity index (χ1v) is 9.19. The van der Waals surface area contributed by atoms with E-state index in [-0.39, 0.29) is 5.91 Å². The van der Waals surface area contributed by atoms with Gasteiger partial charge in [0.25, 0.3) is 0 Å². The summed E-state index contributed by atoms with van der Waals surface area (Å²) < 4.78 is 0. The van der Waals surface area contributed by atoms with Gasteiger partial charge in [0, 0.05) is 16.9 Å². The standard InChI is InChI=1S/C18H22BrNO/c19-18(15-9-11-4-5-12(15)8-11)14-6-7-16-13(10-14)2-1-3-17(21)20-16/h6-7,10-12,15,18H,1-5,8-9H2,(H,20,21). The first kappa shape index (κ1) is 13.8. The van der Waals surface area contributed by atoms with Crippen LogP contribution < -0.4 is 5.32 Å². The number of nitrogens with one attached hydrogen (secondary N) is 1. The van der Waals surface area contributed by atoms with Crippen LogP contribution in [0.15, 0.2) is 18.2 Å². The Morgan fingerprint density at radius 2 is 2.10 bits per heavy atom. The molecule has 3 heteroatoms. The van der Waals surface area contributed by atoms with Gasteiger partial charge in [0.1, 0.15) is 0 Å². The molecule has 1 aliphatic heterocycles. The maximum Gasteiger partial charge on any atom is 0.224 e. The molecule has 1 N–H and O–H groups in total. The molecule has 4 atom stereocenters. The van der Waals surface area contributed by atoms with Gasteiger partial charge < -0.3 is 5.32 Å². The van der Waals surface area contributed by atoms with Crippen molar-refractivity contribution < 1.29 is 4.79 Å². The van der Waals surface area contributed by atoms with Crippen molar-refractivity contribution in [1.29, 1.82) is 0 Å². The van der Waals surface area contributed by atoms with Gasteiger partial charge in [-0.25, -0.2) is 0 Å². The topological polar surface area (TPSA) is 29.1 Å². The Morgan fingerprint density at radius 1 is 1.19 bits per heavy atom. The molecular formula is C18H22BrNO. The molecule has 21 heavy (non-hydrogen) atoms. The van der Waals surface area contributed by atoms with Gasteiger partial charge >= 0.3 is 0 Å². The molecule has 2 saturated carbocycles. The predicted molar refractivity (Wildman–Crippen MR) is 88.6 cm³/mol. The van der Waals surface area contributed by atoms with Gasteiger partial charge in [-0.05, 0) is 67.1 Å². The maximum absolute atomic E-state index is 11.6. The zero-order chi connectivity index (χ0) is 14.4. The van der Waals surface area contributed by atoms with Crippen molar-refractivity contribution in [2.75, 3.05) is 5.32 Å². The molecule has 1 amide bonds. The van der Waals surface area contributed by atoms with Crippen molar-refractivity contribution in [2.45, 2.75) is 49.8 Å². The fraction of sp³-hybridized carbons (Fsp3) is 0.611. The lowest BCUT2D eigenvalue weighted by atomic mass is 9.83. The molecule has 2 nitrogen and oxygen atoms in total. The van der Waals surface area contributed by atoms with Crippen LogP contribution in [0.5, 0.6) is 0 Å². The molecule has 0 aromatic heterocycles. The molecule has 3 aliphatic rings. The SMILES string of the molecule is O=C1CCCc2cc(C(Br)C3CC4CCC3C4)ccc2N1. The number of amides is 1. The Balaban J connectivity index is 1.58. The largest absolute Gasteiger partial charge is 0.326 e. The Morgan fingerprint density at radius 3 is 2.86 bits per heavy atom. The van der Waals surface area contributed by atoms with Crippen molar-refractivity contribution in [3.63, 3.8) is 0 Å². The number of fused-ring (bicyclic) bond motifs is 3. The van der Waals surface area contributed by atoms with Crippen molar-refractivity contribution in [3.05, 3.63) is 29.3 Å². The summed E-state index contributed by atoms with van der Waals surface area (Å²) in [5.41, 5.74) is 3.74. The summed E-state index contributed by atoms with van der Waals surface area (Å²) in [4.78, 5) is 12.1. The number of halogens is 1. The molecule has 1 aromatic rings. The molecule has 112 valence electrons. The summed E-state index contributed by atoms with van der Waals surface area (Å²) in [5.74, 6) is 2.88. The van der Waals surface area contributed by atoms with E-state index in [1.54, 1.807) is 0 Å². The van der Waals surface area contributed by atoms with Crippen LogP contribution in [0.25, 0.3) is 0 Å². The second kappa shape index (κ2) is 5.42. The molecule has 0 radical (unpaired) electrons. The first-order valence-electron chi connectivity index (χ1n) is 8.27. The fourth-order valence-corrected chi connectivity index (χ4v) is 5.60. The number of carbonyl (C=O) groups excluding carboxylic acids is 1. The number of benzene rings is 1. The van der Waals surface area contributed by atoms with E-state index < -0.39 is 0 Å². The van der Waals surface area contributed by atoms with Crippen molar-refractivity contribution in [3.8, 4) is 0 Å². The summed E-state index contributed by atoms with van der Waals surface area (Å²) in [7, 11) is 0. The Kier molecular flexibility index (Phi) is 3.56. The summed E-state index contributed by atoms with van der Waals surface area (Å²) >= 11 is 3.99. The average molecular weight is 348 g/mol. The highest BCUT2D eigenvalue weighted by Crippen LogP contribution is 2.55. The molecule has 1 aromatic carbocycles. The minimum Gasteiger partial charge on any atom is -0.326 e. The quantitative estimate of drug-likeness (QED) is 0.762. The first-order chi connectivity index (χ1) is 10.2. The Hall–Kier alpha value is -0.830. The lowest BCUT2D eigenvalue weighted by Gasteiger charge is -2.27. The number of rotatable bonds is 2. The van der Waals surface area contributed by atoms with E-state index in [1.165, 1.54) is 36.8 Å². The van der Waals surface area contributed by atoms with E-state index in [4.69, 9.17) is 0 Å². The van der Waals surface area contributed by atoms with Gasteiger partial charge in [0.2, 0.25) is 5.91 Å². The number of hydrogen-bond donors (Lipinski definition) is 1. The normalized spacial score (nSPS) is 32.4. The van der Waals surface area contributed by atoms with E-state index in [1.807, 2.05) is 0 Å². The van der Waals surface area contributed by atoms with Crippen molar-refractivity contribution in [1.82, 2.24) is 0 Å². The minimum atomic E-state index is 0.157. The number of hydrogen-bond acceptors (Lipinski definition) is 1. The van der Waals surface area contributed by atoms with Crippen LogP contribution in [0.3, 0.4) is 0 Å². The molecule has 4 unspecified atom stereocenters. The third-order valence-electron chi connectivity index (χ3n) is 5.74. The molecule has 2 aliphatic carbocycles. The van der Waals surface area contributed by atoms with Crippen LogP contribution in [-0.4, -0.2) is 5.91 Å². The van der Waals surface area contributed by atoms with Crippen LogP contribution in [0.4, 0.5) is 5.69 Å².